The maximum atomic E-state index is 11.4. The molecule has 4 N–H and O–H groups in total. The smallest absolute Gasteiger partial charge is 0.254 e. The quantitative estimate of drug-likeness (QED) is 0.377. The summed E-state index contributed by atoms with van der Waals surface area (Å²) < 4.78 is 5.84. The van der Waals surface area contributed by atoms with Crippen LogP contribution in [0, 0.1) is 0 Å². The molecule has 3 rings (SSSR count). The highest BCUT2D eigenvalue weighted by atomic mass is 17.1. The second-order valence-corrected chi connectivity index (χ2v) is 5.85. The van der Waals surface area contributed by atoms with Crippen LogP contribution in [0.3, 0.4) is 0 Å². The number of hydrogen-bond acceptors (Lipinski definition) is 6. The summed E-state index contributed by atoms with van der Waals surface area (Å²) in [6, 6.07) is 4.63. The average molecular weight is 309 g/mol. The van der Waals surface area contributed by atoms with Crippen molar-refractivity contribution in [2.45, 2.75) is 50.0 Å². The van der Waals surface area contributed by atoms with Gasteiger partial charge in [0.05, 0.1) is 12.0 Å². The summed E-state index contributed by atoms with van der Waals surface area (Å²) >= 11 is 0. The highest BCUT2D eigenvalue weighted by molar-refractivity contribution is 5.80. The van der Waals surface area contributed by atoms with E-state index in [0.717, 1.165) is 25.7 Å². The Hall–Kier alpha value is -1.83. The molecule has 2 aliphatic rings. The van der Waals surface area contributed by atoms with Crippen LogP contribution in [-0.2, 0) is 4.79 Å². The van der Waals surface area contributed by atoms with Gasteiger partial charge in [0.2, 0.25) is 11.7 Å². The number of amides is 1. The maximum absolute atomic E-state index is 11.4. The lowest BCUT2D eigenvalue weighted by Gasteiger charge is -2.24. The van der Waals surface area contributed by atoms with Crippen LogP contribution in [0.15, 0.2) is 18.2 Å². The second-order valence-electron chi connectivity index (χ2n) is 5.85. The summed E-state index contributed by atoms with van der Waals surface area (Å²) in [5.74, 6) is -3.03. The van der Waals surface area contributed by atoms with E-state index in [1.807, 2.05) is 0 Å². The van der Waals surface area contributed by atoms with Gasteiger partial charge in [-0.2, -0.15) is 0 Å². The summed E-state index contributed by atoms with van der Waals surface area (Å²) in [7, 11) is 0. The molecule has 1 aliphatic heterocycles. The van der Waals surface area contributed by atoms with E-state index in [0.29, 0.717) is 11.3 Å². The number of benzene rings is 1. The molecule has 0 bridgehead atoms. The fourth-order valence-corrected chi connectivity index (χ4v) is 3.12. The monoisotopic (exact) mass is 309 g/mol. The average Bonchev–Trinajstić information content (AvgIpc) is 3.06. The van der Waals surface area contributed by atoms with E-state index in [1.165, 1.54) is 6.07 Å². The van der Waals surface area contributed by atoms with E-state index >= 15 is 0 Å². The summed E-state index contributed by atoms with van der Waals surface area (Å²) in [5.41, 5.74) is 0.525. The number of hydrogen-bond donors (Lipinski definition) is 4. The lowest BCUT2D eigenvalue weighted by atomic mass is 9.94. The molecular formula is C15H19NO6. The van der Waals surface area contributed by atoms with Gasteiger partial charge in [-0.1, -0.05) is 6.07 Å². The Morgan fingerprint density at radius 3 is 2.50 bits per heavy atom. The van der Waals surface area contributed by atoms with Crippen LogP contribution < -0.4 is 14.9 Å². The number of nitrogens with one attached hydrogen (secondary N) is 1. The van der Waals surface area contributed by atoms with E-state index in [2.05, 4.69) is 10.2 Å². The van der Waals surface area contributed by atoms with Crippen molar-refractivity contribution in [2.24, 2.45) is 0 Å². The zero-order valence-corrected chi connectivity index (χ0v) is 12.0. The minimum Gasteiger partial charge on any atom is -0.486 e. The predicted octanol–water partition coefficient (Wildman–Crippen LogP) is 1.10. The second kappa shape index (κ2) is 5.75. The van der Waals surface area contributed by atoms with E-state index in [1.54, 1.807) is 12.1 Å². The fraction of sp³-hybridized carbons (Fsp3) is 0.533. The third kappa shape index (κ3) is 2.87. The van der Waals surface area contributed by atoms with E-state index in [-0.39, 0.29) is 18.3 Å². The van der Waals surface area contributed by atoms with Crippen molar-refractivity contribution < 1.29 is 29.9 Å². The highest BCUT2D eigenvalue weighted by Crippen LogP contribution is 2.39. The van der Waals surface area contributed by atoms with E-state index < -0.39 is 17.7 Å². The summed E-state index contributed by atoms with van der Waals surface area (Å²) in [6.45, 7) is 0. The van der Waals surface area contributed by atoms with Crippen LogP contribution in [0.5, 0.6) is 11.5 Å². The summed E-state index contributed by atoms with van der Waals surface area (Å²) in [6.07, 6.45) is 4.08. The molecule has 0 spiro atoms. The van der Waals surface area contributed by atoms with Crippen molar-refractivity contribution in [3.05, 3.63) is 23.8 Å². The van der Waals surface area contributed by atoms with Gasteiger partial charge in [0.25, 0.3) is 5.91 Å². The normalized spacial score (nSPS) is 24.3. The Kier molecular flexibility index (Phi) is 3.94. The molecular weight excluding hydrogens is 290 g/mol. The van der Waals surface area contributed by atoms with Gasteiger partial charge in [0, 0.05) is 6.42 Å². The first-order chi connectivity index (χ1) is 10.5. The first-order valence-corrected chi connectivity index (χ1v) is 7.37. The van der Waals surface area contributed by atoms with Gasteiger partial charge in [0.1, 0.15) is 0 Å². The molecule has 1 atom stereocenters. The molecule has 120 valence electrons. The Morgan fingerprint density at radius 2 is 1.91 bits per heavy atom. The van der Waals surface area contributed by atoms with E-state index in [9.17, 15) is 15.0 Å². The number of aliphatic hydroxyl groups is 2. The lowest BCUT2D eigenvalue weighted by Crippen LogP contribution is -2.44. The van der Waals surface area contributed by atoms with Crippen molar-refractivity contribution >= 4 is 5.91 Å². The molecule has 2 fully saturated rings. The molecule has 1 aliphatic carbocycles. The lowest BCUT2D eigenvalue weighted by molar-refractivity contribution is -0.185. The molecule has 7 nitrogen and oxygen atoms in total. The van der Waals surface area contributed by atoms with Crippen molar-refractivity contribution in [2.75, 3.05) is 0 Å². The Morgan fingerprint density at radius 1 is 1.18 bits per heavy atom. The van der Waals surface area contributed by atoms with E-state index in [4.69, 9.17) is 9.99 Å². The maximum Gasteiger partial charge on any atom is 0.254 e. The van der Waals surface area contributed by atoms with Crippen LogP contribution in [0.1, 0.15) is 43.6 Å². The van der Waals surface area contributed by atoms with Crippen LogP contribution in [0.4, 0.5) is 0 Å². The van der Waals surface area contributed by atoms with Gasteiger partial charge in [0.15, 0.2) is 5.75 Å². The molecule has 22 heavy (non-hydrogen) atoms. The van der Waals surface area contributed by atoms with Crippen molar-refractivity contribution in [3.63, 3.8) is 0 Å². The summed E-state index contributed by atoms with van der Waals surface area (Å²) in [4.78, 5) is 15.7. The third-order valence-electron chi connectivity index (χ3n) is 4.26. The summed E-state index contributed by atoms with van der Waals surface area (Å²) in [5, 5.41) is 30.8. The Labute approximate surface area is 127 Å². The van der Waals surface area contributed by atoms with Crippen molar-refractivity contribution in [1.29, 1.82) is 0 Å². The fourth-order valence-electron chi connectivity index (χ4n) is 3.12. The third-order valence-corrected chi connectivity index (χ3v) is 4.26. The zero-order valence-electron chi connectivity index (χ0n) is 12.0. The van der Waals surface area contributed by atoms with Gasteiger partial charge >= 0.3 is 0 Å². The van der Waals surface area contributed by atoms with Gasteiger partial charge in [-0.25, -0.2) is 5.26 Å². The molecule has 1 aromatic rings. The number of ether oxygens (including phenoxy) is 1. The molecule has 0 aromatic heterocycles. The predicted molar refractivity (Wildman–Crippen MR) is 75.3 cm³/mol. The van der Waals surface area contributed by atoms with Gasteiger partial charge in [-0.3, -0.25) is 4.79 Å². The van der Waals surface area contributed by atoms with Crippen LogP contribution in [0.2, 0.25) is 0 Å². The molecule has 1 aromatic carbocycles. The molecule has 1 saturated carbocycles. The molecule has 1 amide bonds. The van der Waals surface area contributed by atoms with Gasteiger partial charge < -0.3 is 25.2 Å². The molecule has 1 unspecified atom stereocenters. The number of carbonyl (C=O) groups is 1. The molecule has 1 heterocycles. The van der Waals surface area contributed by atoms with Crippen molar-refractivity contribution in [3.8, 4) is 11.5 Å². The van der Waals surface area contributed by atoms with Crippen LogP contribution in [-0.4, -0.2) is 33.4 Å². The molecule has 7 heteroatoms. The molecule has 1 saturated heterocycles. The highest BCUT2D eigenvalue weighted by Gasteiger charge is 2.45. The Balaban J connectivity index is 1.87. The van der Waals surface area contributed by atoms with Gasteiger partial charge in [-0.05, 0) is 43.4 Å². The van der Waals surface area contributed by atoms with Crippen molar-refractivity contribution in [1.82, 2.24) is 5.32 Å². The Bertz CT molecular complexity index is 567. The standard InChI is InChI=1S/C15H19NO6/c17-14-8-11(15(18,19)16-14)9-5-6-12(22-20)13(7-9)21-10-3-1-2-4-10/h5-7,10-11,18-20H,1-4,8H2,(H,16,17). The first-order valence-electron chi connectivity index (χ1n) is 7.37. The van der Waals surface area contributed by atoms with Gasteiger partial charge in [-0.15, -0.1) is 0 Å². The minimum atomic E-state index is -2.29. The number of rotatable bonds is 4. The SMILES string of the molecule is O=C1CC(c2ccc(OO)c(OC3CCCC3)c2)C(O)(O)N1. The molecule has 0 radical (unpaired) electrons. The largest absolute Gasteiger partial charge is 0.486 e. The minimum absolute atomic E-state index is 0.0325. The zero-order chi connectivity index (χ0) is 15.7. The number of carbonyl (C=O) groups excluding carboxylic acids is 1. The first kappa shape index (κ1) is 15.1. The van der Waals surface area contributed by atoms with Crippen LogP contribution in [0.25, 0.3) is 0 Å². The van der Waals surface area contributed by atoms with Crippen LogP contribution >= 0.6 is 0 Å². The topological polar surface area (TPSA) is 108 Å².